The van der Waals surface area contributed by atoms with Crippen molar-refractivity contribution in [3.8, 4) is 11.1 Å². The molecule has 0 amide bonds. The fraction of sp³-hybridized carbons (Fsp3) is 0.200. The van der Waals surface area contributed by atoms with Crippen LogP contribution in [0.1, 0.15) is 0 Å². The van der Waals surface area contributed by atoms with Gasteiger partial charge >= 0.3 is 0 Å². The molecule has 0 aliphatic carbocycles. The van der Waals surface area contributed by atoms with Crippen molar-refractivity contribution in [1.82, 2.24) is 15.3 Å². The number of halogens is 1. The molecule has 0 radical (unpaired) electrons. The van der Waals surface area contributed by atoms with Crippen molar-refractivity contribution < 1.29 is 0 Å². The first-order chi connectivity index (χ1) is 18.2. The van der Waals surface area contributed by atoms with Gasteiger partial charge in [-0.25, -0.2) is 0 Å². The Morgan fingerprint density at radius 2 is 1.65 bits per heavy atom. The number of rotatable bonds is 3. The minimum absolute atomic E-state index is 0.737. The van der Waals surface area contributed by atoms with Gasteiger partial charge in [0.25, 0.3) is 0 Å². The molecular formula is C30H27ClN6. The van der Waals surface area contributed by atoms with Gasteiger partial charge in [-0.15, -0.1) is 0 Å². The van der Waals surface area contributed by atoms with E-state index in [9.17, 15) is 0 Å². The third-order valence-corrected chi connectivity index (χ3v) is 7.78. The molecule has 0 atom stereocenters. The Kier molecular flexibility index (Phi) is 5.38. The van der Waals surface area contributed by atoms with Crippen molar-refractivity contribution in [3.05, 3.63) is 84.1 Å². The molecule has 37 heavy (non-hydrogen) atoms. The van der Waals surface area contributed by atoms with Crippen molar-refractivity contribution >= 4 is 56.2 Å². The topological polar surface area (TPSA) is 47.5 Å². The van der Waals surface area contributed by atoms with Crippen molar-refractivity contribution in [2.24, 2.45) is 0 Å². The van der Waals surface area contributed by atoms with Gasteiger partial charge in [-0.2, -0.15) is 0 Å². The van der Waals surface area contributed by atoms with Crippen LogP contribution in [0.4, 0.5) is 22.7 Å². The van der Waals surface area contributed by atoms with Crippen LogP contribution in [0.15, 0.2) is 79.1 Å². The maximum atomic E-state index is 6.85. The number of hydrogen-bond acceptors (Lipinski definition) is 6. The first-order valence-corrected chi connectivity index (χ1v) is 13.1. The lowest BCUT2D eigenvalue weighted by molar-refractivity contribution is 0.589. The maximum Gasteiger partial charge on any atom is 0.0950 e. The molecule has 4 heterocycles. The third-order valence-electron chi connectivity index (χ3n) is 7.48. The Hall–Kier alpha value is -3.87. The average molecular weight is 507 g/mol. The quantitative estimate of drug-likeness (QED) is 0.321. The lowest BCUT2D eigenvalue weighted by Crippen LogP contribution is -2.43. The van der Waals surface area contributed by atoms with Gasteiger partial charge < -0.3 is 20.0 Å². The Morgan fingerprint density at radius 3 is 2.51 bits per heavy atom. The summed E-state index contributed by atoms with van der Waals surface area (Å²) >= 11 is 6.85. The predicted molar refractivity (Wildman–Crippen MR) is 154 cm³/mol. The summed E-state index contributed by atoms with van der Waals surface area (Å²) < 4.78 is 0. The summed E-state index contributed by atoms with van der Waals surface area (Å²) in [4.78, 5) is 16.4. The van der Waals surface area contributed by atoms with Gasteiger partial charge in [0.2, 0.25) is 0 Å². The first-order valence-electron chi connectivity index (χ1n) is 12.7. The van der Waals surface area contributed by atoms with E-state index in [1.54, 1.807) is 0 Å². The monoisotopic (exact) mass is 506 g/mol. The Bertz CT molecular complexity index is 1640. The van der Waals surface area contributed by atoms with E-state index in [1.807, 2.05) is 24.5 Å². The van der Waals surface area contributed by atoms with Gasteiger partial charge in [-0.3, -0.25) is 9.97 Å². The third kappa shape index (κ3) is 3.84. The van der Waals surface area contributed by atoms with Gasteiger partial charge in [0, 0.05) is 61.4 Å². The Morgan fingerprint density at radius 1 is 0.811 bits per heavy atom. The van der Waals surface area contributed by atoms with E-state index >= 15 is 0 Å². The molecule has 0 saturated carbocycles. The molecule has 3 aromatic carbocycles. The number of pyridine rings is 2. The number of hydrogen-bond donors (Lipinski definition) is 1. The lowest BCUT2D eigenvalue weighted by Gasteiger charge is -2.31. The van der Waals surface area contributed by atoms with Crippen LogP contribution in [0.5, 0.6) is 0 Å². The molecule has 0 bridgehead atoms. The van der Waals surface area contributed by atoms with Crippen LogP contribution < -0.4 is 20.0 Å². The second-order valence-electron chi connectivity index (χ2n) is 9.78. The van der Waals surface area contributed by atoms with E-state index in [0.717, 1.165) is 93.6 Å². The minimum Gasteiger partial charge on any atom is -0.368 e. The zero-order chi connectivity index (χ0) is 24.9. The van der Waals surface area contributed by atoms with Crippen LogP contribution in [-0.2, 0) is 0 Å². The summed E-state index contributed by atoms with van der Waals surface area (Å²) in [5.41, 5.74) is 8.66. The Balaban J connectivity index is 1.32. The maximum absolute atomic E-state index is 6.85. The highest BCUT2D eigenvalue weighted by Gasteiger charge is 2.28. The summed E-state index contributed by atoms with van der Waals surface area (Å²) in [6, 6.07) is 23.4. The van der Waals surface area contributed by atoms with Crippen molar-refractivity contribution in [3.63, 3.8) is 0 Å². The van der Waals surface area contributed by atoms with Gasteiger partial charge in [-0.1, -0.05) is 35.9 Å². The lowest BCUT2D eigenvalue weighted by atomic mass is 10.0. The summed E-state index contributed by atoms with van der Waals surface area (Å²) in [5, 5.41) is 6.45. The average Bonchev–Trinajstić information content (AvgIpc) is 3.29. The molecule has 2 aromatic heterocycles. The largest absolute Gasteiger partial charge is 0.368 e. The van der Waals surface area contributed by atoms with E-state index in [-0.39, 0.29) is 0 Å². The summed E-state index contributed by atoms with van der Waals surface area (Å²) in [6.07, 6.45) is 3.93. The fourth-order valence-electron chi connectivity index (χ4n) is 5.54. The number of piperazine rings is 1. The highest BCUT2D eigenvalue weighted by molar-refractivity contribution is 6.33. The second kappa shape index (κ2) is 8.91. The number of fused-ring (bicyclic) bond motifs is 4. The number of para-hydroxylation sites is 1. The van der Waals surface area contributed by atoms with Crippen LogP contribution in [-0.4, -0.2) is 49.9 Å². The fourth-order valence-corrected chi connectivity index (χ4v) is 5.83. The van der Waals surface area contributed by atoms with Crippen LogP contribution in [0.3, 0.4) is 0 Å². The van der Waals surface area contributed by atoms with Crippen LogP contribution >= 0.6 is 11.6 Å². The number of anilines is 4. The smallest absolute Gasteiger partial charge is 0.0950 e. The van der Waals surface area contributed by atoms with Crippen LogP contribution in [0.25, 0.3) is 32.9 Å². The highest BCUT2D eigenvalue weighted by Crippen LogP contribution is 2.46. The van der Waals surface area contributed by atoms with E-state index in [4.69, 9.17) is 16.6 Å². The van der Waals surface area contributed by atoms with Crippen molar-refractivity contribution in [2.75, 3.05) is 54.6 Å². The Labute approximate surface area is 221 Å². The zero-order valence-corrected chi connectivity index (χ0v) is 21.4. The molecule has 1 fully saturated rings. The van der Waals surface area contributed by atoms with Gasteiger partial charge in [0.15, 0.2) is 0 Å². The van der Waals surface area contributed by atoms with Crippen LogP contribution in [0.2, 0.25) is 5.02 Å². The molecule has 7 heteroatoms. The number of nitrogens with zero attached hydrogens (tertiary/aromatic N) is 5. The number of aromatic nitrogens is 2. The SMILES string of the molecule is CN1CN(c2ccc(N3CCNCC3)c(Cl)c2)c2c1cnc1ccc(-c3cnc4ccccc4c3)cc21. The molecule has 1 N–H and O–H groups in total. The molecule has 0 unspecified atom stereocenters. The normalized spacial score (nSPS) is 15.6. The van der Waals surface area contributed by atoms with E-state index < -0.39 is 0 Å². The van der Waals surface area contributed by atoms with Gasteiger partial charge in [0.1, 0.15) is 0 Å². The van der Waals surface area contributed by atoms with E-state index in [1.165, 1.54) is 0 Å². The first kappa shape index (κ1) is 22.3. The molecule has 184 valence electrons. The summed E-state index contributed by atoms with van der Waals surface area (Å²) in [7, 11) is 2.11. The number of benzene rings is 3. The second-order valence-corrected chi connectivity index (χ2v) is 10.2. The molecule has 5 aromatic rings. The molecule has 6 nitrogen and oxygen atoms in total. The minimum atomic E-state index is 0.737. The van der Waals surface area contributed by atoms with E-state index in [0.29, 0.717) is 0 Å². The molecule has 1 saturated heterocycles. The molecule has 0 spiro atoms. The summed E-state index contributed by atoms with van der Waals surface area (Å²) in [5.74, 6) is 0. The van der Waals surface area contributed by atoms with Gasteiger partial charge in [0.05, 0.1) is 46.0 Å². The standard InChI is InChI=1S/C30H27ClN6/c1-35-19-37(23-7-9-28(25(31)16-23)36-12-10-32-11-13-36)30-24-15-20(6-8-27(24)34-18-29(30)35)22-14-21-4-2-3-5-26(21)33-17-22/h2-9,14-18,32H,10-13,19H2,1H3. The molecule has 2 aliphatic rings. The van der Waals surface area contributed by atoms with Crippen molar-refractivity contribution in [1.29, 1.82) is 0 Å². The summed E-state index contributed by atoms with van der Waals surface area (Å²) in [6.45, 7) is 4.64. The molecule has 2 aliphatic heterocycles. The van der Waals surface area contributed by atoms with Gasteiger partial charge in [-0.05, 0) is 48.0 Å². The molecule has 7 rings (SSSR count). The zero-order valence-electron chi connectivity index (χ0n) is 20.7. The van der Waals surface area contributed by atoms with Crippen molar-refractivity contribution in [2.45, 2.75) is 0 Å². The highest BCUT2D eigenvalue weighted by atomic mass is 35.5. The van der Waals surface area contributed by atoms with E-state index in [2.05, 4.69) is 86.6 Å². The molecular weight excluding hydrogens is 480 g/mol. The number of nitrogens with one attached hydrogen (secondary N) is 1. The van der Waals surface area contributed by atoms with Crippen LogP contribution in [0, 0.1) is 0 Å². The predicted octanol–water partition coefficient (Wildman–Crippen LogP) is 6.06.